The van der Waals surface area contributed by atoms with E-state index in [1.165, 1.54) is 6.07 Å². The molecule has 0 atom stereocenters. The quantitative estimate of drug-likeness (QED) is 0.303. The fourth-order valence-corrected chi connectivity index (χ4v) is 0.688. The molecule has 0 spiro atoms. The molecule has 2 N–H and O–H groups in total. The number of hydrogen-bond acceptors (Lipinski definition) is 4. The molecule has 5 nitrogen and oxygen atoms in total. The highest BCUT2D eigenvalue weighted by molar-refractivity contribution is 5.60. The Hall–Kier alpha value is -1.78. The standard InChI is InChI=1S/C6H6N4O/c7-10-8-5-3-1-2-4-6(5)9-11/h1-4H,(H2,7,8). The molecule has 0 saturated carbocycles. The van der Waals surface area contributed by atoms with Crippen molar-refractivity contribution in [2.45, 2.75) is 0 Å². The van der Waals surface area contributed by atoms with Crippen LogP contribution in [-0.2, 0) is 0 Å². The zero-order valence-electron chi connectivity index (χ0n) is 5.64. The third-order valence-electron chi connectivity index (χ3n) is 1.15. The van der Waals surface area contributed by atoms with Gasteiger partial charge in [0, 0.05) is 0 Å². The zero-order valence-corrected chi connectivity index (χ0v) is 5.64. The van der Waals surface area contributed by atoms with Crippen molar-refractivity contribution in [2.24, 2.45) is 21.4 Å². The predicted molar refractivity (Wildman–Crippen MR) is 40.6 cm³/mol. The van der Waals surface area contributed by atoms with Crippen LogP contribution in [-0.4, -0.2) is 0 Å². The minimum Gasteiger partial charge on any atom is -0.305 e. The molecule has 1 rings (SSSR count). The first-order valence-corrected chi connectivity index (χ1v) is 2.92. The molecule has 0 bridgehead atoms. The van der Waals surface area contributed by atoms with Gasteiger partial charge in [-0.2, -0.15) is 0 Å². The van der Waals surface area contributed by atoms with E-state index in [4.69, 9.17) is 5.84 Å². The molecule has 1 aromatic carbocycles. The van der Waals surface area contributed by atoms with Gasteiger partial charge in [0.05, 0.1) is 0 Å². The first-order chi connectivity index (χ1) is 5.38. The molecule has 1 aromatic rings. The summed E-state index contributed by atoms with van der Waals surface area (Å²) >= 11 is 0. The molecular formula is C6H6N4O. The van der Waals surface area contributed by atoms with Crippen LogP contribution >= 0.6 is 0 Å². The summed E-state index contributed by atoms with van der Waals surface area (Å²) in [7, 11) is 0. The summed E-state index contributed by atoms with van der Waals surface area (Å²) in [5.41, 5.74) is 0.617. The molecule has 0 aromatic heterocycles. The van der Waals surface area contributed by atoms with E-state index < -0.39 is 0 Å². The summed E-state index contributed by atoms with van der Waals surface area (Å²) in [6.45, 7) is 0. The van der Waals surface area contributed by atoms with Gasteiger partial charge in [-0.15, -0.1) is 10.0 Å². The molecule has 11 heavy (non-hydrogen) atoms. The Labute approximate surface area is 62.9 Å². The van der Waals surface area contributed by atoms with E-state index in [1.807, 2.05) is 0 Å². The predicted octanol–water partition coefficient (Wildman–Crippen LogP) is 2.04. The van der Waals surface area contributed by atoms with Crippen LogP contribution in [0.1, 0.15) is 0 Å². The fraction of sp³-hybridized carbons (Fsp3) is 0. The highest BCUT2D eigenvalue weighted by Crippen LogP contribution is 2.26. The van der Waals surface area contributed by atoms with E-state index in [0.717, 1.165) is 0 Å². The lowest BCUT2D eigenvalue weighted by Gasteiger charge is -1.91. The Bertz CT molecular complexity index is 284. The minimum atomic E-state index is 0.238. The van der Waals surface area contributed by atoms with Crippen molar-refractivity contribution >= 4 is 11.4 Å². The van der Waals surface area contributed by atoms with E-state index in [-0.39, 0.29) is 5.69 Å². The summed E-state index contributed by atoms with van der Waals surface area (Å²) in [5.74, 6) is 4.80. The fourth-order valence-electron chi connectivity index (χ4n) is 0.688. The second kappa shape index (κ2) is 3.40. The molecule has 0 heterocycles. The third kappa shape index (κ3) is 1.57. The molecule has 5 heteroatoms. The first-order valence-electron chi connectivity index (χ1n) is 2.92. The maximum Gasteiger partial charge on any atom is 0.135 e. The molecule has 0 unspecified atom stereocenters. The number of nitrogens with two attached hydrogens (primary N) is 1. The van der Waals surface area contributed by atoms with Gasteiger partial charge in [0.15, 0.2) is 0 Å². The van der Waals surface area contributed by atoms with E-state index in [2.05, 4.69) is 15.5 Å². The van der Waals surface area contributed by atoms with E-state index in [0.29, 0.717) is 5.69 Å². The number of nitrogens with zero attached hydrogens (tertiary/aromatic N) is 3. The van der Waals surface area contributed by atoms with E-state index in [1.54, 1.807) is 18.2 Å². The van der Waals surface area contributed by atoms with Crippen molar-refractivity contribution in [3.63, 3.8) is 0 Å². The topological polar surface area (TPSA) is 80.2 Å². The Morgan fingerprint density at radius 1 is 1.18 bits per heavy atom. The Morgan fingerprint density at radius 3 is 2.36 bits per heavy atom. The monoisotopic (exact) mass is 150 g/mol. The molecule has 0 aliphatic heterocycles. The van der Waals surface area contributed by atoms with Gasteiger partial charge in [0.1, 0.15) is 11.4 Å². The largest absolute Gasteiger partial charge is 0.305 e. The molecule has 0 aliphatic rings. The summed E-state index contributed by atoms with van der Waals surface area (Å²) in [6, 6.07) is 6.55. The highest BCUT2D eigenvalue weighted by Gasteiger charge is 1.97. The normalized spacial score (nSPS) is 10.2. The van der Waals surface area contributed by atoms with Crippen molar-refractivity contribution in [1.82, 2.24) is 0 Å². The van der Waals surface area contributed by atoms with Gasteiger partial charge >= 0.3 is 0 Å². The summed E-state index contributed by atoms with van der Waals surface area (Å²) in [6.07, 6.45) is 0. The molecule has 0 aliphatic carbocycles. The van der Waals surface area contributed by atoms with Crippen LogP contribution in [0.2, 0.25) is 0 Å². The maximum absolute atomic E-state index is 10.1. The lowest BCUT2D eigenvalue weighted by atomic mass is 10.3. The van der Waals surface area contributed by atoms with Crippen LogP contribution in [0.5, 0.6) is 0 Å². The van der Waals surface area contributed by atoms with Crippen LogP contribution < -0.4 is 5.84 Å². The molecule has 56 valence electrons. The van der Waals surface area contributed by atoms with Crippen LogP contribution in [0.3, 0.4) is 0 Å². The smallest absolute Gasteiger partial charge is 0.135 e. The van der Waals surface area contributed by atoms with Crippen LogP contribution in [0.25, 0.3) is 0 Å². The van der Waals surface area contributed by atoms with Gasteiger partial charge in [-0.25, -0.2) is 0 Å². The van der Waals surface area contributed by atoms with Crippen LogP contribution in [0.4, 0.5) is 11.4 Å². The number of rotatable bonds is 2. The van der Waals surface area contributed by atoms with Crippen molar-refractivity contribution in [2.75, 3.05) is 0 Å². The average Bonchev–Trinajstić information content (AvgIpc) is 2.06. The lowest BCUT2D eigenvalue weighted by Crippen LogP contribution is -1.73. The zero-order chi connectivity index (χ0) is 8.10. The van der Waals surface area contributed by atoms with Crippen molar-refractivity contribution in [3.8, 4) is 0 Å². The summed E-state index contributed by atoms with van der Waals surface area (Å²) in [4.78, 5) is 10.1. The SMILES string of the molecule is NN=Nc1ccccc1N=O. The molecule has 0 saturated heterocycles. The maximum atomic E-state index is 10.1. The number of nitroso groups, excluding NO2 is 1. The van der Waals surface area contributed by atoms with Gasteiger partial charge in [-0.3, -0.25) is 0 Å². The van der Waals surface area contributed by atoms with Gasteiger partial charge in [-0.1, -0.05) is 17.4 Å². The van der Waals surface area contributed by atoms with Crippen molar-refractivity contribution in [3.05, 3.63) is 29.2 Å². The second-order valence-electron chi connectivity index (χ2n) is 1.80. The molecule has 0 radical (unpaired) electrons. The number of hydrogen-bond donors (Lipinski definition) is 1. The summed E-state index contributed by atoms with van der Waals surface area (Å²) < 4.78 is 0. The molecule has 0 amide bonds. The average molecular weight is 150 g/mol. The Morgan fingerprint density at radius 2 is 1.82 bits per heavy atom. The highest BCUT2D eigenvalue weighted by atomic mass is 16.3. The van der Waals surface area contributed by atoms with Crippen molar-refractivity contribution < 1.29 is 0 Å². The number of benzene rings is 1. The van der Waals surface area contributed by atoms with Crippen LogP contribution in [0, 0.1) is 4.91 Å². The van der Waals surface area contributed by atoms with Gasteiger partial charge < -0.3 is 5.84 Å². The van der Waals surface area contributed by atoms with E-state index >= 15 is 0 Å². The Balaban J connectivity index is 3.11. The molecular weight excluding hydrogens is 144 g/mol. The minimum absolute atomic E-state index is 0.238. The lowest BCUT2D eigenvalue weighted by molar-refractivity contribution is 1.06. The molecule has 0 fully saturated rings. The van der Waals surface area contributed by atoms with Crippen LogP contribution in [0.15, 0.2) is 39.8 Å². The third-order valence-corrected chi connectivity index (χ3v) is 1.15. The van der Waals surface area contributed by atoms with Gasteiger partial charge in [-0.05, 0) is 17.3 Å². The first kappa shape index (κ1) is 7.33. The van der Waals surface area contributed by atoms with Gasteiger partial charge in [0.25, 0.3) is 0 Å². The van der Waals surface area contributed by atoms with Gasteiger partial charge in [0.2, 0.25) is 0 Å². The Kier molecular flexibility index (Phi) is 2.27. The summed E-state index contributed by atoms with van der Waals surface area (Å²) in [5, 5.41) is 9.26. The van der Waals surface area contributed by atoms with E-state index in [9.17, 15) is 4.91 Å². The van der Waals surface area contributed by atoms with Crippen molar-refractivity contribution in [1.29, 1.82) is 0 Å². The second-order valence-corrected chi connectivity index (χ2v) is 1.80.